The number of nitrogens with one attached hydrogen (secondary N) is 1. The summed E-state index contributed by atoms with van der Waals surface area (Å²) in [6.45, 7) is 11.6. The summed E-state index contributed by atoms with van der Waals surface area (Å²) in [4.78, 5) is 2.70. The topological polar surface area (TPSA) is 24.5 Å². The van der Waals surface area contributed by atoms with E-state index >= 15 is 0 Å². The highest BCUT2D eigenvalue weighted by atomic mass is 32.2. The van der Waals surface area contributed by atoms with Gasteiger partial charge in [-0.1, -0.05) is 13.8 Å². The molecule has 4 heteroatoms. The maximum Gasteiger partial charge on any atom is 0.0547 e. The summed E-state index contributed by atoms with van der Waals surface area (Å²) in [6, 6.07) is 0.811. The Morgan fingerprint density at radius 3 is 2.80 bits per heavy atom. The molecule has 1 N–H and O–H groups in total. The van der Waals surface area contributed by atoms with Gasteiger partial charge in [-0.15, -0.1) is 0 Å². The summed E-state index contributed by atoms with van der Waals surface area (Å²) in [6.07, 6.45) is 5.31. The zero-order valence-electron chi connectivity index (χ0n) is 13.1. The van der Waals surface area contributed by atoms with Crippen LogP contribution in [-0.4, -0.2) is 60.8 Å². The van der Waals surface area contributed by atoms with Crippen molar-refractivity contribution in [3.05, 3.63) is 0 Å². The van der Waals surface area contributed by atoms with Gasteiger partial charge in [-0.05, 0) is 32.2 Å². The number of ether oxygens (including phenoxy) is 1. The first-order chi connectivity index (χ1) is 9.57. The van der Waals surface area contributed by atoms with Crippen molar-refractivity contribution < 1.29 is 4.74 Å². The fraction of sp³-hybridized carbons (Fsp3) is 1.00. The minimum Gasteiger partial charge on any atom is -0.381 e. The molecule has 3 nitrogen and oxygen atoms in total. The summed E-state index contributed by atoms with van der Waals surface area (Å²) in [7, 11) is 0. The standard InChI is InChI=1S/C16H30N2OS/c1-15(2)5-7-18(8-10-20-15)12-16(6-9-19-13-16)11-17-14-3-4-14/h14,17H,3-13H2,1-2H3. The van der Waals surface area contributed by atoms with Crippen LogP contribution >= 0.6 is 11.8 Å². The van der Waals surface area contributed by atoms with Crippen LogP contribution in [0.5, 0.6) is 0 Å². The van der Waals surface area contributed by atoms with Crippen molar-refractivity contribution in [3.63, 3.8) is 0 Å². The number of thioether (sulfide) groups is 1. The fourth-order valence-electron chi connectivity index (χ4n) is 3.31. The molecule has 3 aliphatic rings. The van der Waals surface area contributed by atoms with E-state index in [-0.39, 0.29) is 0 Å². The molecule has 1 unspecified atom stereocenters. The molecule has 0 amide bonds. The van der Waals surface area contributed by atoms with Crippen LogP contribution < -0.4 is 5.32 Å². The SMILES string of the molecule is CC1(C)CCN(CC2(CNC3CC3)CCOC2)CCS1. The van der Waals surface area contributed by atoms with E-state index in [1.54, 1.807) is 0 Å². The van der Waals surface area contributed by atoms with E-state index in [0.717, 1.165) is 25.8 Å². The largest absolute Gasteiger partial charge is 0.381 e. The molecule has 0 spiro atoms. The molecule has 1 saturated carbocycles. The fourth-order valence-corrected chi connectivity index (χ4v) is 4.45. The van der Waals surface area contributed by atoms with Gasteiger partial charge in [0, 0.05) is 48.2 Å². The van der Waals surface area contributed by atoms with Crippen LogP contribution in [0.3, 0.4) is 0 Å². The smallest absolute Gasteiger partial charge is 0.0547 e. The minimum absolute atomic E-state index is 0.377. The lowest BCUT2D eigenvalue weighted by Crippen LogP contribution is -2.46. The van der Waals surface area contributed by atoms with Crippen LogP contribution in [0.25, 0.3) is 0 Å². The van der Waals surface area contributed by atoms with E-state index in [9.17, 15) is 0 Å². The number of hydrogen-bond acceptors (Lipinski definition) is 4. The van der Waals surface area contributed by atoms with Crippen LogP contribution in [-0.2, 0) is 4.74 Å². The Balaban J connectivity index is 1.55. The summed E-state index contributed by atoms with van der Waals surface area (Å²) in [5.74, 6) is 1.28. The van der Waals surface area contributed by atoms with Crippen LogP contribution in [0.1, 0.15) is 39.5 Å². The van der Waals surface area contributed by atoms with Gasteiger partial charge < -0.3 is 15.0 Å². The van der Waals surface area contributed by atoms with E-state index in [4.69, 9.17) is 4.74 Å². The lowest BCUT2D eigenvalue weighted by molar-refractivity contribution is 0.110. The van der Waals surface area contributed by atoms with Crippen molar-refractivity contribution in [1.29, 1.82) is 0 Å². The van der Waals surface area contributed by atoms with E-state index in [0.29, 0.717) is 10.2 Å². The van der Waals surface area contributed by atoms with Gasteiger partial charge in [-0.25, -0.2) is 0 Å². The van der Waals surface area contributed by atoms with Crippen LogP contribution in [0.15, 0.2) is 0 Å². The van der Waals surface area contributed by atoms with E-state index in [1.807, 2.05) is 0 Å². The van der Waals surface area contributed by atoms with E-state index in [1.165, 1.54) is 51.1 Å². The molecule has 2 aliphatic heterocycles. The Labute approximate surface area is 128 Å². The van der Waals surface area contributed by atoms with Gasteiger partial charge >= 0.3 is 0 Å². The van der Waals surface area contributed by atoms with Crippen molar-refractivity contribution in [2.24, 2.45) is 5.41 Å². The third-order valence-electron chi connectivity index (χ3n) is 5.02. The molecule has 3 rings (SSSR count). The van der Waals surface area contributed by atoms with Crippen molar-refractivity contribution in [2.75, 3.05) is 45.1 Å². The van der Waals surface area contributed by atoms with Crippen LogP contribution in [0, 0.1) is 5.41 Å². The van der Waals surface area contributed by atoms with Gasteiger partial charge in [0.1, 0.15) is 0 Å². The van der Waals surface area contributed by atoms with Gasteiger partial charge in [-0.2, -0.15) is 11.8 Å². The Kier molecular flexibility index (Phi) is 4.66. The lowest BCUT2D eigenvalue weighted by Gasteiger charge is -2.34. The van der Waals surface area contributed by atoms with Gasteiger partial charge in [0.2, 0.25) is 0 Å². The van der Waals surface area contributed by atoms with Crippen molar-refractivity contribution >= 4 is 11.8 Å². The Hall–Kier alpha value is 0.230. The molecule has 2 heterocycles. The quantitative estimate of drug-likeness (QED) is 0.842. The third kappa shape index (κ3) is 4.12. The van der Waals surface area contributed by atoms with E-state index < -0.39 is 0 Å². The minimum atomic E-state index is 0.377. The predicted molar refractivity (Wildman–Crippen MR) is 86.5 cm³/mol. The third-order valence-corrected chi connectivity index (χ3v) is 6.39. The second-order valence-electron chi connectivity index (χ2n) is 7.59. The molecule has 0 aromatic carbocycles. The van der Waals surface area contributed by atoms with Gasteiger partial charge in [0.15, 0.2) is 0 Å². The molecule has 20 heavy (non-hydrogen) atoms. The number of nitrogens with zero attached hydrogens (tertiary/aromatic N) is 1. The molecule has 0 aromatic heterocycles. The molecular weight excluding hydrogens is 268 g/mol. The lowest BCUT2D eigenvalue weighted by atomic mass is 9.86. The number of hydrogen-bond donors (Lipinski definition) is 1. The molecule has 2 saturated heterocycles. The van der Waals surface area contributed by atoms with Gasteiger partial charge in [-0.3, -0.25) is 0 Å². The molecule has 0 aromatic rings. The second-order valence-corrected chi connectivity index (χ2v) is 9.39. The Morgan fingerprint density at radius 1 is 1.25 bits per heavy atom. The van der Waals surface area contributed by atoms with Crippen molar-refractivity contribution in [1.82, 2.24) is 10.2 Å². The molecule has 1 atom stereocenters. The second kappa shape index (κ2) is 6.15. The predicted octanol–water partition coefficient (Wildman–Crippen LogP) is 2.36. The first kappa shape index (κ1) is 15.1. The summed E-state index contributed by atoms with van der Waals surface area (Å²) in [5, 5.41) is 3.75. The average Bonchev–Trinajstić information content (AvgIpc) is 3.15. The van der Waals surface area contributed by atoms with Crippen LogP contribution in [0.2, 0.25) is 0 Å². The highest BCUT2D eigenvalue weighted by Gasteiger charge is 2.38. The Morgan fingerprint density at radius 2 is 2.10 bits per heavy atom. The first-order valence-corrected chi connectivity index (χ1v) is 9.23. The highest BCUT2D eigenvalue weighted by molar-refractivity contribution is 8.00. The molecule has 0 bridgehead atoms. The summed E-state index contributed by atoms with van der Waals surface area (Å²) in [5.41, 5.74) is 0.377. The zero-order chi connectivity index (χ0) is 14.1. The van der Waals surface area contributed by atoms with Crippen LogP contribution in [0.4, 0.5) is 0 Å². The van der Waals surface area contributed by atoms with E-state index in [2.05, 4.69) is 35.8 Å². The Bertz CT molecular complexity index is 324. The van der Waals surface area contributed by atoms with Gasteiger partial charge in [0.25, 0.3) is 0 Å². The molecule has 1 aliphatic carbocycles. The summed E-state index contributed by atoms with van der Waals surface area (Å²) >= 11 is 2.14. The number of rotatable bonds is 5. The molecule has 116 valence electrons. The molecule has 3 fully saturated rings. The maximum absolute atomic E-state index is 5.76. The average molecular weight is 298 g/mol. The monoisotopic (exact) mass is 298 g/mol. The van der Waals surface area contributed by atoms with Crippen molar-refractivity contribution in [2.45, 2.75) is 50.3 Å². The normalized spacial score (nSPS) is 35.1. The zero-order valence-corrected chi connectivity index (χ0v) is 13.9. The maximum atomic E-state index is 5.76. The molecular formula is C16H30N2OS. The van der Waals surface area contributed by atoms with Crippen molar-refractivity contribution in [3.8, 4) is 0 Å². The summed E-state index contributed by atoms with van der Waals surface area (Å²) < 4.78 is 6.21. The highest BCUT2D eigenvalue weighted by Crippen LogP contribution is 2.34. The van der Waals surface area contributed by atoms with Gasteiger partial charge in [0.05, 0.1) is 6.61 Å². The molecule has 0 radical (unpaired) electrons. The first-order valence-electron chi connectivity index (χ1n) is 8.25.